The van der Waals surface area contributed by atoms with Crippen LogP contribution in [0.2, 0.25) is 0 Å². The molecule has 1 aliphatic carbocycles. The minimum Gasteiger partial charge on any atom is -0.368 e. The fourth-order valence-electron chi connectivity index (χ4n) is 3.25. The molecule has 0 spiro atoms. The first kappa shape index (κ1) is 16.0. The molecular formula is C17H24NO3. The largest absolute Gasteiger partial charge is 0.368 e. The minimum absolute atomic E-state index is 0.00890. The van der Waals surface area contributed by atoms with Crippen LogP contribution >= 0.6 is 0 Å². The van der Waals surface area contributed by atoms with Crippen molar-refractivity contribution in [2.45, 2.75) is 56.7 Å². The van der Waals surface area contributed by atoms with Crippen molar-refractivity contribution in [1.82, 2.24) is 5.32 Å². The van der Waals surface area contributed by atoms with Gasteiger partial charge in [-0.1, -0.05) is 43.5 Å². The first-order valence-corrected chi connectivity index (χ1v) is 7.72. The van der Waals surface area contributed by atoms with E-state index in [-0.39, 0.29) is 17.7 Å². The van der Waals surface area contributed by atoms with E-state index in [1.54, 1.807) is 0 Å². The topological polar surface area (TPSA) is 69.6 Å². The lowest BCUT2D eigenvalue weighted by atomic mass is 9.67. The van der Waals surface area contributed by atoms with Gasteiger partial charge in [-0.2, -0.15) is 0 Å². The van der Waals surface area contributed by atoms with Crippen LogP contribution in [0.3, 0.4) is 0 Å². The fraction of sp³-hybridized carbons (Fsp3) is 0.588. The van der Waals surface area contributed by atoms with Gasteiger partial charge in [0.15, 0.2) is 6.29 Å². The van der Waals surface area contributed by atoms with Crippen LogP contribution in [0.4, 0.5) is 0 Å². The lowest BCUT2D eigenvalue weighted by molar-refractivity contribution is -0.123. The van der Waals surface area contributed by atoms with Gasteiger partial charge < -0.3 is 15.5 Å². The number of benzene rings is 1. The molecule has 0 heterocycles. The van der Waals surface area contributed by atoms with Crippen molar-refractivity contribution in [3.63, 3.8) is 0 Å². The summed E-state index contributed by atoms with van der Waals surface area (Å²) < 4.78 is 0. The summed E-state index contributed by atoms with van der Waals surface area (Å²) in [6.45, 7) is 0.301. The highest BCUT2D eigenvalue weighted by Gasteiger charge is 2.35. The van der Waals surface area contributed by atoms with Crippen LogP contribution in [-0.2, 0) is 10.2 Å². The molecule has 1 aromatic rings. The molecule has 4 heteroatoms. The molecule has 1 aliphatic rings. The van der Waals surface area contributed by atoms with E-state index in [1.165, 1.54) is 12.0 Å². The van der Waals surface area contributed by atoms with Crippen LogP contribution in [0.15, 0.2) is 24.3 Å². The third-order valence-electron chi connectivity index (χ3n) is 4.36. The molecule has 4 nitrogen and oxygen atoms in total. The van der Waals surface area contributed by atoms with E-state index in [1.807, 2.05) is 12.1 Å². The molecule has 1 fully saturated rings. The SMILES string of the molecule is O=C(CC1(c2cc[c]cc2)CCCCC1)NCCC(O)O. The van der Waals surface area contributed by atoms with Crippen LogP contribution in [0, 0.1) is 6.07 Å². The second-order valence-corrected chi connectivity index (χ2v) is 5.93. The van der Waals surface area contributed by atoms with Gasteiger partial charge in [-0.15, -0.1) is 0 Å². The molecule has 1 radical (unpaired) electrons. The molecule has 1 aromatic carbocycles. The van der Waals surface area contributed by atoms with Crippen molar-refractivity contribution in [1.29, 1.82) is 0 Å². The lowest BCUT2D eigenvalue weighted by Gasteiger charge is -2.37. The van der Waals surface area contributed by atoms with Crippen molar-refractivity contribution in [2.24, 2.45) is 0 Å². The van der Waals surface area contributed by atoms with Gasteiger partial charge in [-0.3, -0.25) is 4.79 Å². The number of carbonyl (C=O) groups is 1. The highest BCUT2D eigenvalue weighted by atomic mass is 16.5. The van der Waals surface area contributed by atoms with E-state index >= 15 is 0 Å². The Hall–Kier alpha value is -1.39. The van der Waals surface area contributed by atoms with E-state index in [0.717, 1.165) is 25.7 Å². The summed E-state index contributed by atoms with van der Waals surface area (Å²) in [5.74, 6) is -0.00890. The summed E-state index contributed by atoms with van der Waals surface area (Å²) in [6, 6.07) is 11.0. The van der Waals surface area contributed by atoms with Gasteiger partial charge in [-0.25, -0.2) is 0 Å². The van der Waals surface area contributed by atoms with Gasteiger partial charge in [0.1, 0.15) is 0 Å². The van der Waals surface area contributed by atoms with Gasteiger partial charge in [-0.05, 0) is 24.5 Å². The maximum atomic E-state index is 12.2. The van der Waals surface area contributed by atoms with E-state index in [4.69, 9.17) is 10.2 Å². The highest BCUT2D eigenvalue weighted by molar-refractivity contribution is 5.77. The van der Waals surface area contributed by atoms with Crippen LogP contribution in [-0.4, -0.2) is 29.0 Å². The normalized spacial score (nSPS) is 17.7. The predicted octanol–water partition coefficient (Wildman–Crippen LogP) is 1.90. The Morgan fingerprint density at radius 3 is 2.52 bits per heavy atom. The van der Waals surface area contributed by atoms with Gasteiger partial charge in [0.05, 0.1) is 0 Å². The Bertz CT molecular complexity index is 439. The number of amides is 1. The highest BCUT2D eigenvalue weighted by Crippen LogP contribution is 2.42. The standard InChI is InChI=1S/C17H24NO3/c19-15(18-12-9-16(20)21)13-17(10-5-2-6-11-17)14-7-3-1-4-8-14/h3-4,7-8,16,20-21H,2,5-6,9-13H2,(H,18,19). The van der Waals surface area contributed by atoms with Crippen LogP contribution in [0.25, 0.3) is 0 Å². The third-order valence-corrected chi connectivity index (χ3v) is 4.36. The van der Waals surface area contributed by atoms with Gasteiger partial charge in [0.25, 0.3) is 0 Å². The summed E-state index contributed by atoms with van der Waals surface area (Å²) in [6.07, 6.45) is 4.89. The predicted molar refractivity (Wildman–Crippen MR) is 80.5 cm³/mol. The molecule has 0 aliphatic heterocycles. The summed E-state index contributed by atoms with van der Waals surface area (Å²) in [5.41, 5.74) is 1.15. The smallest absolute Gasteiger partial charge is 0.220 e. The average molecular weight is 290 g/mol. The lowest BCUT2D eigenvalue weighted by Crippen LogP contribution is -2.37. The van der Waals surface area contributed by atoms with Crippen molar-refractivity contribution in [2.75, 3.05) is 6.54 Å². The molecule has 115 valence electrons. The van der Waals surface area contributed by atoms with E-state index in [0.29, 0.717) is 13.0 Å². The molecule has 3 N–H and O–H groups in total. The first-order chi connectivity index (χ1) is 10.1. The number of hydrogen-bond donors (Lipinski definition) is 3. The average Bonchev–Trinajstić information content (AvgIpc) is 2.48. The maximum absolute atomic E-state index is 12.2. The molecule has 0 aromatic heterocycles. The van der Waals surface area contributed by atoms with Gasteiger partial charge >= 0.3 is 0 Å². The summed E-state index contributed by atoms with van der Waals surface area (Å²) in [4.78, 5) is 12.2. The number of carbonyl (C=O) groups excluding carboxylic acids is 1. The quantitative estimate of drug-likeness (QED) is 0.701. The number of hydrogen-bond acceptors (Lipinski definition) is 3. The number of rotatable bonds is 6. The van der Waals surface area contributed by atoms with Crippen LogP contribution in [0.5, 0.6) is 0 Å². The number of nitrogens with one attached hydrogen (secondary N) is 1. The van der Waals surface area contributed by atoms with Crippen molar-refractivity contribution in [3.05, 3.63) is 35.9 Å². The second-order valence-electron chi connectivity index (χ2n) is 5.93. The third kappa shape index (κ3) is 4.55. The molecule has 0 bridgehead atoms. The van der Waals surface area contributed by atoms with Crippen LogP contribution in [0.1, 0.15) is 50.5 Å². The molecule has 1 amide bonds. The number of aliphatic hydroxyl groups is 2. The maximum Gasteiger partial charge on any atom is 0.220 e. The Morgan fingerprint density at radius 2 is 1.90 bits per heavy atom. The summed E-state index contributed by atoms with van der Waals surface area (Å²) >= 11 is 0. The Balaban J connectivity index is 2.02. The summed E-state index contributed by atoms with van der Waals surface area (Å²) in [7, 11) is 0. The Labute approximate surface area is 126 Å². The van der Waals surface area contributed by atoms with E-state index < -0.39 is 6.29 Å². The number of aliphatic hydroxyl groups excluding tert-OH is 1. The zero-order valence-electron chi connectivity index (χ0n) is 12.3. The molecule has 21 heavy (non-hydrogen) atoms. The van der Waals surface area contributed by atoms with Crippen molar-refractivity contribution >= 4 is 5.91 Å². The molecule has 2 rings (SSSR count). The van der Waals surface area contributed by atoms with Gasteiger partial charge in [0, 0.05) is 24.8 Å². The first-order valence-electron chi connectivity index (χ1n) is 7.72. The fourth-order valence-corrected chi connectivity index (χ4v) is 3.25. The van der Waals surface area contributed by atoms with Gasteiger partial charge in [0.2, 0.25) is 5.91 Å². The molecule has 0 unspecified atom stereocenters. The Morgan fingerprint density at radius 1 is 1.24 bits per heavy atom. The molecule has 0 saturated heterocycles. The molecule has 0 atom stereocenters. The van der Waals surface area contributed by atoms with Crippen molar-refractivity contribution in [3.8, 4) is 0 Å². The minimum atomic E-state index is -1.36. The van der Waals surface area contributed by atoms with Crippen LogP contribution < -0.4 is 5.32 Å². The monoisotopic (exact) mass is 290 g/mol. The zero-order valence-corrected chi connectivity index (χ0v) is 12.3. The van der Waals surface area contributed by atoms with Crippen molar-refractivity contribution < 1.29 is 15.0 Å². The second kappa shape index (κ2) is 7.57. The molecular weight excluding hydrogens is 266 g/mol. The zero-order chi connectivity index (χ0) is 15.1. The van der Waals surface area contributed by atoms with E-state index in [2.05, 4.69) is 23.5 Å². The molecule has 1 saturated carbocycles. The Kier molecular flexibility index (Phi) is 5.76. The summed E-state index contributed by atoms with van der Waals surface area (Å²) in [5, 5.41) is 20.4. The van der Waals surface area contributed by atoms with E-state index in [9.17, 15) is 4.79 Å².